The molecule has 0 fully saturated rings. The van der Waals surface area contributed by atoms with E-state index in [1.165, 1.54) is 0 Å². The van der Waals surface area contributed by atoms with E-state index in [0.717, 1.165) is 0 Å². The molecule has 2 rings (SSSR count). The van der Waals surface area contributed by atoms with Crippen molar-refractivity contribution < 1.29 is 9.90 Å². The highest BCUT2D eigenvalue weighted by molar-refractivity contribution is 5.84. The zero-order valence-electron chi connectivity index (χ0n) is 8.06. The van der Waals surface area contributed by atoms with E-state index in [-0.39, 0.29) is 5.82 Å². The summed E-state index contributed by atoms with van der Waals surface area (Å²) in [4.78, 5) is 21.4. The maximum atomic E-state index is 10.7. The molecule has 5 nitrogen and oxygen atoms in total. The number of hydrogen-bond acceptors (Lipinski definition) is 3. The molecule has 2 heterocycles. The van der Waals surface area contributed by atoms with Gasteiger partial charge < -0.3 is 10.1 Å². The van der Waals surface area contributed by atoms with Gasteiger partial charge in [0.2, 0.25) is 5.82 Å². The summed E-state index contributed by atoms with van der Waals surface area (Å²) in [5.41, 5.74) is 1.94. The molecule has 5 heteroatoms. The van der Waals surface area contributed by atoms with Gasteiger partial charge in [0.05, 0.1) is 5.69 Å². The topological polar surface area (TPSA) is 78.9 Å². The van der Waals surface area contributed by atoms with Gasteiger partial charge in [-0.05, 0) is 19.1 Å². The van der Waals surface area contributed by atoms with E-state index in [9.17, 15) is 4.79 Å². The van der Waals surface area contributed by atoms with Crippen molar-refractivity contribution in [1.82, 2.24) is 15.0 Å². The molecule has 0 aliphatic rings. The molecule has 0 aliphatic carbocycles. The first-order chi connectivity index (χ1) is 7.18. The van der Waals surface area contributed by atoms with Crippen LogP contribution < -0.4 is 0 Å². The molecule has 2 aromatic heterocycles. The third kappa shape index (κ3) is 1.71. The van der Waals surface area contributed by atoms with Crippen molar-refractivity contribution in [2.24, 2.45) is 0 Å². The zero-order valence-corrected chi connectivity index (χ0v) is 8.06. The van der Waals surface area contributed by atoms with E-state index < -0.39 is 5.97 Å². The lowest BCUT2D eigenvalue weighted by atomic mass is 10.2. The van der Waals surface area contributed by atoms with Crippen molar-refractivity contribution in [3.8, 4) is 11.4 Å². The molecule has 0 atom stereocenters. The number of pyridine rings is 1. The molecule has 0 radical (unpaired) electrons. The summed E-state index contributed by atoms with van der Waals surface area (Å²) in [7, 11) is 0. The molecule has 0 spiro atoms. The minimum Gasteiger partial charge on any atom is -0.475 e. The first kappa shape index (κ1) is 9.39. The largest absolute Gasteiger partial charge is 0.475 e. The number of imidazole rings is 1. The third-order valence-corrected chi connectivity index (χ3v) is 1.99. The Morgan fingerprint density at radius 2 is 2.27 bits per heavy atom. The Morgan fingerprint density at radius 1 is 1.47 bits per heavy atom. The summed E-state index contributed by atoms with van der Waals surface area (Å²) in [5, 5.41) is 8.76. The molecule has 15 heavy (non-hydrogen) atoms. The summed E-state index contributed by atoms with van der Waals surface area (Å²) in [6, 6.07) is 5.41. The van der Waals surface area contributed by atoms with Crippen LogP contribution in [0.2, 0.25) is 0 Å². The van der Waals surface area contributed by atoms with Crippen LogP contribution in [-0.2, 0) is 0 Å². The lowest BCUT2D eigenvalue weighted by Gasteiger charge is -1.94. The monoisotopic (exact) mass is 203 g/mol. The number of carboxylic acids is 1. The van der Waals surface area contributed by atoms with E-state index in [1.807, 2.05) is 6.07 Å². The summed E-state index contributed by atoms with van der Waals surface area (Å²) >= 11 is 0. The van der Waals surface area contributed by atoms with Gasteiger partial charge in [0.15, 0.2) is 0 Å². The van der Waals surface area contributed by atoms with Crippen molar-refractivity contribution in [1.29, 1.82) is 0 Å². The first-order valence-electron chi connectivity index (χ1n) is 4.40. The number of aromatic nitrogens is 3. The molecule has 2 aromatic rings. The molecule has 0 unspecified atom stereocenters. The second-order valence-corrected chi connectivity index (χ2v) is 3.08. The number of aromatic carboxylic acids is 1. The number of rotatable bonds is 2. The van der Waals surface area contributed by atoms with Gasteiger partial charge in [0.25, 0.3) is 0 Å². The van der Waals surface area contributed by atoms with Crippen LogP contribution in [0.5, 0.6) is 0 Å². The number of aryl methyl sites for hydroxylation is 1. The normalized spacial score (nSPS) is 10.2. The average Bonchev–Trinajstić information content (AvgIpc) is 2.62. The highest BCUT2D eigenvalue weighted by Gasteiger charge is 2.13. The first-order valence-corrected chi connectivity index (χ1v) is 4.40. The number of H-pyrrole nitrogens is 1. The molecule has 0 saturated carbocycles. The molecule has 0 bridgehead atoms. The predicted octanol–water partition coefficient (Wildman–Crippen LogP) is 1.48. The fraction of sp³-hybridized carbons (Fsp3) is 0.100. The van der Waals surface area contributed by atoms with E-state index in [4.69, 9.17) is 5.11 Å². The van der Waals surface area contributed by atoms with Gasteiger partial charge in [0, 0.05) is 11.9 Å². The quantitative estimate of drug-likeness (QED) is 0.774. The Kier molecular flexibility index (Phi) is 2.21. The smallest absolute Gasteiger partial charge is 0.371 e. The Morgan fingerprint density at radius 3 is 2.80 bits per heavy atom. The standard InChI is InChI=1S/C10H9N3O2/c1-6-8(7-4-2-3-5-11-7)13-9(12-6)10(14)15/h2-5H,1H3,(H,12,13)(H,14,15). The molecular weight excluding hydrogens is 194 g/mol. The molecule has 0 saturated heterocycles. The van der Waals surface area contributed by atoms with Gasteiger partial charge in [0.1, 0.15) is 5.69 Å². The van der Waals surface area contributed by atoms with Crippen LogP contribution in [0.25, 0.3) is 11.4 Å². The van der Waals surface area contributed by atoms with Crippen molar-refractivity contribution in [3.05, 3.63) is 35.9 Å². The molecule has 0 amide bonds. The Balaban J connectivity index is 2.50. The van der Waals surface area contributed by atoms with Crippen LogP contribution in [0.15, 0.2) is 24.4 Å². The molecule has 76 valence electrons. The maximum absolute atomic E-state index is 10.7. The Hall–Kier alpha value is -2.17. The SMILES string of the molecule is Cc1[nH]c(C(=O)O)nc1-c1ccccn1. The molecule has 2 N–H and O–H groups in total. The summed E-state index contributed by atoms with van der Waals surface area (Å²) < 4.78 is 0. The van der Waals surface area contributed by atoms with E-state index >= 15 is 0 Å². The van der Waals surface area contributed by atoms with Gasteiger partial charge in [-0.3, -0.25) is 4.98 Å². The van der Waals surface area contributed by atoms with Crippen LogP contribution in [0.1, 0.15) is 16.3 Å². The summed E-state index contributed by atoms with van der Waals surface area (Å²) in [6.07, 6.45) is 1.64. The van der Waals surface area contributed by atoms with Gasteiger partial charge in [-0.1, -0.05) is 6.07 Å². The lowest BCUT2D eigenvalue weighted by molar-refractivity contribution is 0.0684. The third-order valence-electron chi connectivity index (χ3n) is 1.99. The van der Waals surface area contributed by atoms with Crippen molar-refractivity contribution in [2.75, 3.05) is 0 Å². The van der Waals surface area contributed by atoms with Crippen molar-refractivity contribution >= 4 is 5.97 Å². The average molecular weight is 203 g/mol. The number of nitrogens with zero attached hydrogens (tertiary/aromatic N) is 2. The number of aromatic amines is 1. The summed E-state index contributed by atoms with van der Waals surface area (Å²) in [5.74, 6) is -1.13. The van der Waals surface area contributed by atoms with Crippen LogP contribution in [-0.4, -0.2) is 26.0 Å². The lowest BCUT2D eigenvalue weighted by Crippen LogP contribution is -1.98. The predicted molar refractivity (Wildman–Crippen MR) is 53.5 cm³/mol. The van der Waals surface area contributed by atoms with Gasteiger partial charge >= 0.3 is 5.97 Å². The highest BCUT2D eigenvalue weighted by Crippen LogP contribution is 2.17. The van der Waals surface area contributed by atoms with Crippen LogP contribution in [0.3, 0.4) is 0 Å². The minimum absolute atomic E-state index is 0.0619. The number of nitrogens with one attached hydrogen (secondary N) is 1. The number of hydrogen-bond donors (Lipinski definition) is 2. The van der Waals surface area contributed by atoms with E-state index in [0.29, 0.717) is 17.1 Å². The van der Waals surface area contributed by atoms with Crippen molar-refractivity contribution in [2.45, 2.75) is 6.92 Å². The van der Waals surface area contributed by atoms with Gasteiger partial charge in [-0.2, -0.15) is 0 Å². The fourth-order valence-electron chi connectivity index (χ4n) is 1.31. The van der Waals surface area contributed by atoms with Crippen LogP contribution in [0, 0.1) is 6.92 Å². The maximum Gasteiger partial charge on any atom is 0.371 e. The highest BCUT2D eigenvalue weighted by atomic mass is 16.4. The molecular formula is C10H9N3O2. The molecule has 0 aromatic carbocycles. The number of carbonyl (C=O) groups is 1. The Labute approximate surface area is 85.8 Å². The van der Waals surface area contributed by atoms with E-state index in [2.05, 4.69) is 15.0 Å². The zero-order chi connectivity index (χ0) is 10.8. The van der Waals surface area contributed by atoms with Gasteiger partial charge in [-0.15, -0.1) is 0 Å². The summed E-state index contributed by atoms with van der Waals surface area (Å²) in [6.45, 7) is 1.77. The Bertz CT molecular complexity index is 491. The number of carboxylic acid groups (broad SMARTS) is 1. The van der Waals surface area contributed by atoms with E-state index in [1.54, 1.807) is 25.3 Å². The minimum atomic E-state index is -1.07. The second-order valence-electron chi connectivity index (χ2n) is 3.08. The second kappa shape index (κ2) is 3.53. The fourth-order valence-corrected chi connectivity index (χ4v) is 1.31. The van der Waals surface area contributed by atoms with Gasteiger partial charge in [-0.25, -0.2) is 9.78 Å². The molecule has 0 aliphatic heterocycles. The van der Waals surface area contributed by atoms with Crippen LogP contribution >= 0.6 is 0 Å². The van der Waals surface area contributed by atoms with Crippen molar-refractivity contribution in [3.63, 3.8) is 0 Å². The van der Waals surface area contributed by atoms with Crippen LogP contribution in [0.4, 0.5) is 0 Å².